The van der Waals surface area contributed by atoms with Crippen molar-refractivity contribution in [3.63, 3.8) is 0 Å². The van der Waals surface area contributed by atoms with Crippen LogP contribution >= 0.6 is 11.8 Å². The largest absolute Gasteiger partial charge is 0.491 e. The number of thioether (sulfide) groups is 1. The van der Waals surface area contributed by atoms with E-state index in [0.29, 0.717) is 5.75 Å². The molecule has 2 rings (SSSR count). The summed E-state index contributed by atoms with van der Waals surface area (Å²) in [6.45, 7) is 11.3. The topological polar surface area (TPSA) is 35.5 Å². The SMILES string of the molecule is CC(=O)SCC(=Cc1cc(C)cc(F)c1)B1OC(C)(C)C(C)(C)O1. The molecule has 1 aromatic rings. The molecule has 130 valence electrons. The maximum absolute atomic E-state index is 13.7. The molecule has 0 radical (unpaired) electrons. The van der Waals surface area contributed by atoms with Crippen molar-refractivity contribution in [2.75, 3.05) is 5.75 Å². The Kier molecular flexibility index (Phi) is 5.62. The fraction of sp³-hybridized carbons (Fsp3) is 0.500. The highest BCUT2D eigenvalue weighted by Gasteiger charge is 2.52. The third-order valence-corrected chi connectivity index (χ3v) is 5.30. The molecule has 0 bridgehead atoms. The predicted molar refractivity (Wildman–Crippen MR) is 98.3 cm³/mol. The van der Waals surface area contributed by atoms with E-state index in [1.54, 1.807) is 0 Å². The first-order valence-electron chi connectivity index (χ1n) is 7.97. The van der Waals surface area contributed by atoms with Crippen molar-refractivity contribution in [2.24, 2.45) is 0 Å². The van der Waals surface area contributed by atoms with Gasteiger partial charge in [0.2, 0.25) is 0 Å². The van der Waals surface area contributed by atoms with E-state index in [2.05, 4.69) is 0 Å². The Labute approximate surface area is 148 Å². The molecular formula is C18H24BFO3S. The van der Waals surface area contributed by atoms with Gasteiger partial charge in [0.15, 0.2) is 5.12 Å². The molecule has 3 nitrogen and oxygen atoms in total. The van der Waals surface area contributed by atoms with E-state index >= 15 is 0 Å². The molecular weight excluding hydrogens is 326 g/mol. The quantitative estimate of drug-likeness (QED) is 0.753. The number of rotatable bonds is 4. The van der Waals surface area contributed by atoms with Crippen molar-refractivity contribution in [2.45, 2.75) is 52.7 Å². The lowest BCUT2D eigenvalue weighted by molar-refractivity contribution is -0.109. The Bertz CT molecular complexity index is 634. The van der Waals surface area contributed by atoms with E-state index in [9.17, 15) is 9.18 Å². The van der Waals surface area contributed by atoms with E-state index in [0.717, 1.165) is 16.6 Å². The monoisotopic (exact) mass is 350 g/mol. The standard InChI is InChI=1S/C18H24BFO3S/c1-12-7-14(10-16(20)8-12)9-15(11-24-13(2)21)19-22-17(3,4)18(5,6)23-19/h7-10H,11H2,1-6H3. The summed E-state index contributed by atoms with van der Waals surface area (Å²) in [5.74, 6) is 0.163. The van der Waals surface area contributed by atoms with Gasteiger partial charge < -0.3 is 9.31 Å². The van der Waals surface area contributed by atoms with Crippen LogP contribution in [-0.2, 0) is 14.1 Å². The molecule has 0 N–H and O–H groups in total. The van der Waals surface area contributed by atoms with Crippen molar-refractivity contribution in [3.05, 3.63) is 40.6 Å². The van der Waals surface area contributed by atoms with Gasteiger partial charge in [-0.1, -0.05) is 23.9 Å². The molecule has 0 unspecified atom stereocenters. The second kappa shape index (κ2) is 7.02. The van der Waals surface area contributed by atoms with Gasteiger partial charge in [0, 0.05) is 12.7 Å². The average Bonchev–Trinajstić information content (AvgIpc) is 2.62. The molecule has 1 fully saturated rings. The molecule has 0 amide bonds. The van der Waals surface area contributed by atoms with Crippen LogP contribution in [0.5, 0.6) is 0 Å². The van der Waals surface area contributed by atoms with Gasteiger partial charge in [0.25, 0.3) is 0 Å². The normalized spacial score (nSPS) is 19.6. The zero-order chi connectivity index (χ0) is 18.1. The molecule has 1 aromatic carbocycles. The second-order valence-electron chi connectivity index (χ2n) is 7.15. The van der Waals surface area contributed by atoms with Crippen LogP contribution in [0.4, 0.5) is 4.39 Å². The lowest BCUT2D eigenvalue weighted by Crippen LogP contribution is -2.41. The van der Waals surface area contributed by atoms with Crippen LogP contribution in [0, 0.1) is 12.7 Å². The van der Waals surface area contributed by atoms with Crippen molar-refractivity contribution in [1.29, 1.82) is 0 Å². The summed E-state index contributed by atoms with van der Waals surface area (Å²) in [5, 5.41) is 0.0211. The lowest BCUT2D eigenvalue weighted by Gasteiger charge is -2.32. The maximum atomic E-state index is 13.7. The fourth-order valence-electron chi connectivity index (χ4n) is 2.42. The van der Waals surface area contributed by atoms with Crippen LogP contribution < -0.4 is 0 Å². The summed E-state index contributed by atoms with van der Waals surface area (Å²) >= 11 is 1.19. The summed E-state index contributed by atoms with van der Waals surface area (Å²) in [4.78, 5) is 11.4. The van der Waals surface area contributed by atoms with Crippen LogP contribution in [0.1, 0.15) is 45.7 Å². The lowest BCUT2D eigenvalue weighted by atomic mass is 9.78. The van der Waals surface area contributed by atoms with E-state index < -0.39 is 18.3 Å². The van der Waals surface area contributed by atoms with Gasteiger partial charge in [-0.15, -0.1) is 0 Å². The van der Waals surface area contributed by atoms with Gasteiger partial charge in [-0.05, 0) is 63.4 Å². The Morgan fingerprint density at radius 1 is 1.21 bits per heavy atom. The molecule has 0 aliphatic carbocycles. The fourth-order valence-corrected chi connectivity index (χ4v) is 3.01. The Hall–Kier alpha value is -1.11. The van der Waals surface area contributed by atoms with Gasteiger partial charge >= 0.3 is 7.12 Å². The number of halogens is 1. The summed E-state index contributed by atoms with van der Waals surface area (Å²) < 4.78 is 25.8. The number of carbonyl (C=O) groups excluding carboxylic acids is 1. The Morgan fingerprint density at radius 3 is 2.29 bits per heavy atom. The van der Waals surface area contributed by atoms with Crippen molar-refractivity contribution in [1.82, 2.24) is 0 Å². The van der Waals surface area contributed by atoms with Gasteiger partial charge in [0.05, 0.1) is 11.2 Å². The van der Waals surface area contributed by atoms with E-state index in [1.807, 2.05) is 46.8 Å². The summed E-state index contributed by atoms with van der Waals surface area (Å²) in [6.07, 6.45) is 1.86. The Balaban J connectivity index is 2.35. The van der Waals surface area contributed by atoms with Crippen molar-refractivity contribution < 1.29 is 18.5 Å². The first-order valence-corrected chi connectivity index (χ1v) is 8.95. The number of hydrogen-bond acceptors (Lipinski definition) is 4. The number of benzene rings is 1. The number of hydrogen-bond donors (Lipinski definition) is 0. The number of aryl methyl sites for hydroxylation is 1. The average molecular weight is 350 g/mol. The summed E-state index contributed by atoms with van der Waals surface area (Å²) in [5.41, 5.74) is 1.47. The smallest absolute Gasteiger partial charge is 0.400 e. The van der Waals surface area contributed by atoms with Gasteiger partial charge in [-0.3, -0.25) is 4.79 Å². The van der Waals surface area contributed by atoms with Gasteiger partial charge in [-0.25, -0.2) is 4.39 Å². The molecule has 1 aliphatic rings. The number of carbonyl (C=O) groups is 1. The first kappa shape index (κ1) is 19.2. The van der Waals surface area contributed by atoms with E-state index in [1.165, 1.54) is 30.8 Å². The van der Waals surface area contributed by atoms with Gasteiger partial charge in [0.1, 0.15) is 5.82 Å². The third-order valence-electron chi connectivity index (χ3n) is 4.41. The highest BCUT2D eigenvalue weighted by molar-refractivity contribution is 8.13. The van der Waals surface area contributed by atoms with Gasteiger partial charge in [-0.2, -0.15) is 0 Å². The van der Waals surface area contributed by atoms with Crippen LogP contribution in [0.25, 0.3) is 6.08 Å². The van der Waals surface area contributed by atoms with Crippen LogP contribution in [0.15, 0.2) is 23.7 Å². The Morgan fingerprint density at radius 2 is 1.79 bits per heavy atom. The van der Waals surface area contributed by atoms with Crippen LogP contribution in [-0.4, -0.2) is 29.2 Å². The minimum absolute atomic E-state index is 0.0211. The molecule has 1 aliphatic heterocycles. The molecule has 0 aromatic heterocycles. The van der Waals surface area contributed by atoms with E-state index in [4.69, 9.17) is 9.31 Å². The van der Waals surface area contributed by atoms with Crippen LogP contribution in [0.2, 0.25) is 0 Å². The zero-order valence-corrected chi connectivity index (χ0v) is 15.9. The van der Waals surface area contributed by atoms with E-state index in [-0.39, 0.29) is 10.9 Å². The van der Waals surface area contributed by atoms with Crippen molar-refractivity contribution in [3.8, 4) is 0 Å². The maximum Gasteiger partial charge on any atom is 0.491 e. The molecule has 6 heteroatoms. The zero-order valence-electron chi connectivity index (χ0n) is 15.1. The second-order valence-corrected chi connectivity index (χ2v) is 8.30. The molecule has 0 atom stereocenters. The van der Waals surface area contributed by atoms with Crippen molar-refractivity contribution >= 4 is 30.1 Å². The molecule has 24 heavy (non-hydrogen) atoms. The molecule has 1 heterocycles. The first-order chi connectivity index (χ1) is 11.0. The highest BCUT2D eigenvalue weighted by Crippen LogP contribution is 2.39. The van der Waals surface area contributed by atoms with Crippen LogP contribution in [0.3, 0.4) is 0 Å². The minimum atomic E-state index is -0.551. The molecule has 0 spiro atoms. The summed E-state index contributed by atoms with van der Waals surface area (Å²) in [7, 11) is -0.551. The minimum Gasteiger partial charge on any atom is -0.400 e. The predicted octanol–water partition coefficient (Wildman–Crippen LogP) is 4.43. The summed E-state index contributed by atoms with van der Waals surface area (Å²) in [6, 6.07) is 4.85. The molecule has 0 saturated carbocycles. The third kappa shape index (κ3) is 4.49. The highest BCUT2D eigenvalue weighted by atomic mass is 32.2. The molecule has 1 saturated heterocycles.